The fraction of sp³-hybridized carbons (Fsp3) is 0.263. The first-order chi connectivity index (χ1) is 13.4. The van der Waals surface area contributed by atoms with Gasteiger partial charge in [0.2, 0.25) is 5.82 Å². The van der Waals surface area contributed by atoms with Gasteiger partial charge in [-0.1, -0.05) is 0 Å². The average molecular weight is 385 g/mol. The van der Waals surface area contributed by atoms with Crippen LogP contribution < -0.4 is 4.90 Å². The second-order valence-electron chi connectivity index (χ2n) is 6.90. The molecule has 2 aromatic heterocycles. The number of imidazole rings is 1. The SMILES string of the molecule is Cc1cn(CC2CN(c3nc(-c4ccc(F)cc4F)ccc3[N+](=O)[O-])C2)cn1. The number of nitro groups is 1. The van der Waals surface area contributed by atoms with Gasteiger partial charge in [-0.15, -0.1) is 0 Å². The van der Waals surface area contributed by atoms with E-state index < -0.39 is 16.6 Å². The van der Waals surface area contributed by atoms with Crippen molar-refractivity contribution < 1.29 is 13.7 Å². The van der Waals surface area contributed by atoms with Crippen molar-refractivity contribution in [2.24, 2.45) is 5.92 Å². The second-order valence-corrected chi connectivity index (χ2v) is 6.90. The minimum Gasteiger partial charge on any atom is -0.350 e. The minimum atomic E-state index is -0.760. The molecule has 1 aliphatic rings. The summed E-state index contributed by atoms with van der Waals surface area (Å²) in [5, 5.41) is 11.4. The van der Waals surface area contributed by atoms with Gasteiger partial charge in [-0.05, 0) is 25.1 Å². The molecule has 1 saturated heterocycles. The van der Waals surface area contributed by atoms with Crippen LogP contribution in [0.15, 0.2) is 42.9 Å². The number of nitrogens with zero attached hydrogens (tertiary/aromatic N) is 5. The molecule has 28 heavy (non-hydrogen) atoms. The van der Waals surface area contributed by atoms with Crippen molar-refractivity contribution in [3.05, 3.63) is 70.3 Å². The maximum atomic E-state index is 14.1. The molecule has 0 saturated carbocycles. The number of hydrogen-bond acceptors (Lipinski definition) is 5. The van der Waals surface area contributed by atoms with Crippen molar-refractivity contribution in [2.75, 3.05) is 18.0 Å². The molecular formula is C19H17F2N5O2. The molecule has 0 spiro atoms. The van der Waals surface area contributed by atoms with Crippen LogP contribution in [0.25, 0.3) is 11.3 Å². The Hall–Kier alpha value is -3.36. The summed E-state index contributed by atoms with van der Waals surface area (Å²) in [6, 6.07) is 5.87. The summed E-state index contributed by atoms with van der Waals surface area (Å²) in [6.45, 7) is 3.87. The molecule has 0 radical (unpaired) electrons. The van der Waals surface area contributed by atoms with Crippen LogP contribution in [-0.4, -0.2) is 32.5 Å². The highest BCUT2D eigenvalue weighted by Crippen LogP contribution is 2.34. The molecule has 7 nitrogen and oxygen atoms in total. The molecule has 0 amide bonds. The van der Waals surface area contributed by atoms with Gasteiger partial charge in [0, 0.05) is 49.4 Å². The molecule has 4 rings (SSSR count). The zero-order valence-corrected chi connectivity index (χ0v) is 15.0. The van der Waals surface area contributed by atoms with Crippen LogP contribution in [0, 0.1) is 34.6 Å². The van der Waals surface area contributed by atoms with Crippen LogP contribution in [0.5, 0.6) is 0 Å². The fourth-order valence-electron chi connectivity index (χ4n) is 3.39. The van der Waals surface area contributed by atoms with Gasteiger partial charge < -0.3 is 9.47 Å². The monoisotopic (exact) mass is 385 g/mol. The molecule has 1 aromatic carbocycles. The lowest BCUT2D eigenvalue weighted by Crippen LogP contribution is -2.49. The van der Waals surface area contributed by atoms with Crippen LogP contribution in [0.4, 0.5) is 20.3 Å². The Kier molecular flexibility index (Phi) is 4.50. The smallest absolute Gasteiger partial charge is 0.311 e. The van der Waals surface area contributed by atoms with Crippen LogP contribution >= 0.6 is 0 Å². The number of halogens is 2. The van der Waals surface area contributed by atoms with E-state index in [1.807, 2.05) is 17.7 Å². The third kappa shape index (κ3) is 3.42. The standard InChI is InChI=1S/C19H17F2N5O2/c1-12-7-24(11-22-12)8-13-9-25(10-13)19-18(26(27)28)5-4-17(23-19)15-3-2-14(20)6-16(15)21/h2-7,11,13H,8-10H2,1H3. The van der Waals surface area contributed by atoms with E-state index in [0.717, 1.165) is 24.4 Å². The highest BCUT2D eigenvalue weighted by molar-refractivity contribution is 5.68. The van der Waals surface area contributed by atoms with E-state index in [-0.39, 0.29) is 22.8 Å². The number of aryl methyl sites for hydroxylation is 1. The quantitative estimate of drug-likeness (QED) is 0.496. The summed E-state index contributed by atoms with van der Waals surface area (Å²) in [6.07, 6.45) is 3.71. The Labute approximate surface area is 159 Å². The fourth-order valence-corrected chi connectivity index (χ4v) is 3.39. The summed E-state index contributed by atoms with van der Waals surface area (Å²) in [5.74, 6) is -0.946. The van der Waals surface area contributed by atoms with Gasteiger partial charge >= 0.3 is 5.69 Å². The second kappa shape index (κ2) is 6.99. The van der Waals surface area contributed by atoms with Crippen molar-refractivity contribution in [1.82, 2.24) is 14.5 Å². The first-order valence-corrected chi connectivity index (χ1v) is 8.75. The predicted octanol–water partition coefficient (Wildman–Crippen LogP) is 3.58. The summed E-state index contributed by atoms with van der Waals surface area (Å²) in [7, 11) is 0. The highest BCUT2D eigenvalue weighted by atomic mass is 19.1. The lowest BCUT2D eigenvalue weighted by atomic mass is 9.99. The van der Waals surface area contributed by atoms with Gasteiger partial charge in [0.25, 0.3) is 0 Å². The normalized spacial score (nSPS) is 14.2. The number of anilines is 1. The van der Waals surface area contributed by atoms with Crippen molar-refractivity contribution >= 4 is 11.5 Å². The Morgan fingerprint density at radius 3 is 2.68 bits per heavy atom. The minimum absolute atomic E-state index is 0.100. The molecular weight excluding hydrogens is 368 g/mol. The Morgan fingerprint density at radius 1 is 1.25 bits per heavy atom. The predicted molar refractivity (Wildman–Crippen MR) is 98.9 cm³/mol. The molecule has 3 aromatic rings. The van der Waals surface area contributed by atoms with Gasteiger partial charge in [-0.2, -0.15) is 0 Å². The molecule has 0 atom stereocenters. The van der Waals surface area contributed by atoms with E-state index in [1.165, 1.54) is 18.2 Å². The summed E-state index contributed by atoms with van der Waals surface area (Å²) in [5.41, 5.74) is 1.13. The summed E-state index contributed by atoms with van der Waals surface area (Å²) < 4.78 is 29.2. The van der Waals surface area contributed by atoms with E-state index in [9.17, 15) is 18.9 Å². The largest absolute Gasteiger partial charge is 0.350 e. The van der Waals surface area contributed by atoms with Crippen LogP contribution in [-0.2, 0) is 6.54 Å². The third-order valence-electron chi connectivity index (χ3n) is 4.75. The number of benzene rings is 1. The van der Waals surface area contributed by atoms with Gasteiger partial charge in [0.1, 0.15) is 11.6 Å². The molecule has 1 aliphatic heterocycles. The summed E-state index contributed by atoms with van der Waals surface area (Å²) >= 11 is 0. The van der Waals surface area contributed by atoms with E-state index in [1.54, 1.807) is 11.2 Å². The number of hydrogen-bond donors (Lipinski definition) is 0. The molecule has 9 heteroatoms. The van der Waals surface area contributed by atoms with Crippen LogP contribution in [0.2, 0.25) is 0 Å². The number of rotatable bonds is 5. The highest BCUT2D eigenvalue weighted by Gasteiger charge is 2.33. The van der Waals surface area contributed by atoms with E-state index >= 15 is 0 Å². The van der Waals surface area contributed by atoms with E-state index in [2.05, 4.69) is 9.97 Å². The third-order valence-corrected chi connectivity index (χ3v) is 4.75. The van der Waals surface area contributed by atoms with Gasteiger partial charge in [-0.3, -0.25) is 10.1 Å². The Morgan fingerprint density at radius 2 is 2.04 bits per heavy atom. The van der Waals surface area contributed by atoms with Gasteiger partial charge in [-0.25, -0.2) is 18.7 Å². The number of pyridine rings is 1. The average Bonchev–Trinajstić information content (AvgIpc) is 3.02. The molecule has 1 fully saturated rings. The Balaban J connectivity index is 1.58. The van der Waals surface area contributed by atoms with Crippen LogP contribution in [0.3, 0.4) is 0 Å². The molecule has 0 aliphatic carbocycles. The molecule has 0 bridgehead atoms. The first-order valence-electron chi connectivity index (χ1n) is 8.75. The van der Waals surface area contributed by atoms with Gasteiger partial charge in [0.05, 0.1) is 22.6 Å². The molecule has 0 unspecified atom stereocenters. The molecule has 144 valence electrons. The van der Waals surface area contributed by atoms with Gasteiger partial charge in [0.15, 0.2) is 0 Å². The van der Waals surface area contributed by atoms with Crippen molar-refractivity contribution in [3.8, 4) is 11.3 Å². The zero-order chi connectivity index (χ0) is 19.8. The lowest BCUT2D eigenvalue weighted by molar-refractivity contribution is -0.384. The van der Waals surface area contributed by atoms with Crippen molar-refractivity contribution in [2.45, 2.75) is 13.5 Å². The molecule has 3 heterocycles. The first kappa shape index (κ1) is 18.0. The maximum absolute atomic E-state index is 14.1. The number of aromatic nitrogens is 3. The van der Waals surface area contributed by atoms with Crippen molar-refractivity contribution in [3.63, 3.8) is 0 Å². The van der Waals surface area contributed by atoms with E-state index in [0.29, 0.717) is 19.0 Å². The molecule has 0 N–H and O–H groups in total. The lowest BCUT2D eigenvalue weighted by Gasteiger charge is -2.40. The van der Waals surface area contributed by atoms with Crippen molar-refractivity contribution in [1.29, 1.82) is 0 Å². The Bertz CT molecular complexity index is 1050. The van der Waals surface area contributed by atoms with E-state index in [4.69, 9.17) is 0 Å². The topological polar surface area (TPSA) is 77.1 Å². The zero-order valence-electron chi connectivity index (χ0n) is 15.0. The summed E-state index contributed by atoms with van der Waals surface area (Å²) in [4.78, 5) is 21.2. The maximum Gasteiger partial charge on any atom is 0.311 e. The van der Waals surface area contributed by atoms with Crippen LogP contribution in [0.1, 0.15) is 5.69 Å².